The number of nitrogens with zero attached hydrogens (tertiary/aromatic N) is 6. The van der Waals surface area contributed by atoms with E-state index in [0.29, 0.717) is 34.7 Å². The van der Waals surface area contributed by atoms with Crippen LogP contribution >= 0.6 is 0 Å². The molecule has 0 atom stereocenters. The molecule has 8 nitrogen and oxygen atoms in total. The molecule has 0 saturated carbocycles. The fourth-order valence-corrected chi connectivity index (χ4v) is 8.00. The zero-order chi connectivity index (χ0) is 39.3. The molecule has 5 aromatic heterocycles. The van der Waals surface area contributed by atoms with Crippen molar-refractivity contribution in [2.45, 2.75) is 39.5 Å². The van der Waals surface area contributed by atoms with Crippen LogP contribution in [-0.2, 0) is 0 Å². The van der Waals surface area contributed by atoms with Crippen LogP contribution in [0.1, 0.15) is 50.7 Å². The number of para-hydroxylation sites is 2. The van der Waals surface area contributed by atoms with E-state index in [0.717, 1.165) is 71.9 Å². The van der Waals surface area contributed by atoms with Gasteiger partial charge in [0.2, 0.25) is 0 Å². The lowest BCUT2D eigenvalue weighted by Gasteiger charge is -2.20. The normalized spacial score (nSPS) is 11.8. The van der Waals surface area contributed by atoms with E-state index in [-0.39, 0.29) is 5.92 Å². The first-order valence-electron chi connectivity index (χ1n) is 19.7. The summed E-state index contributed by atoms with van der Waals surface area (Å²) in [5.41, 5.74) is 6.95. The largest absolute Gasteiger partial charge is 0.457 e. The molecule has 8 heteroatoms. The number of fused-ring (bicyclic) bond motifs is 6. The van der Waals surface area contributed by atoms with Gasteiger partial charge in [-0.1, -0.05) is 76.2 Å². The second-order valence-corrected chi connectivity index (χ2v) is 15.2. The maximum absolute atomic E-state index is 6.97. The summed E-state index contributed by atoms with van der Waals surface area (Å²) >= 11 is 0. The Morgan fingerprint density at radius 2 is 0.914 bits per heavy atom. The van der Waals surface area contributed by atoms with Crippen LogP contribution in [0.25, 0.3) is 66.6 Å². The number of pyridine rings is 2. The summed E-state index contributed by atoms with van der Waals surface area (Å²) in [6.07, 6.45) is 7.45. The molecule has 5 heterocycles. The van der Waals surface area contributed by atoms with Crippen molar-refractivity contribution < 1.29 is 9.47 Å². The first-order valence-corrected chi connectivity index (χ1v) is 19.7. The number of rotatable bonds is 9. The molecule has 10 aromatic rings. The summed E-state index contributed by atoms with van der Waals surface area (Å²) in [7, 11) is 0. The van der Waals surface area contributed by atoms with Gasteiger partial charge < -0.3 is 9.47 Å². The van der Waals surface area contributed by atoms with Crippen molar-refractivity contribution in [1.82, 2.24) is 29.1 Å². The standard InChI is InChI=1S/C50H40N6O2/c1-31(2)34-29-53-50(54-30-34)33-25-45(57-35-19-21-39-37-13-5-7-15-41(37)55(43(39)27-35)47-17-9-11-23-51-47)49(32(3)4)46(26-33)58-36-20-22-40-38-14-6-8-16-42(38)56(44(40)28-36)48-18-10-12-24-52-48/h5-32H,1-4H3. The van der Waals surface area contributed by atoms with Crippen molar-refractivity contribution in [2.75, 3.05) is 0 Å². The van der Waals surface area contributed by atoms with Gasteiger partial charge in [0.05, 0.1) is 22.1 Å². The van der Waals surface area contributed by atoms with Gasteiger partial charge in [-0.2, -0.15) is 0 Å². The van der Waals surface area contributed by atoms with Gasteiger partial charge in [-0.3, -0.25) is 9.13 Å². The fraction of sp³-hybridized carbons (Fsp3) is 0.120. The average Bonchev–Trinajstić information content (AvgIpc) is 3.76. The molecule has 282 valence electrons. The predicted octanol–water partition coefficient (Wildman–Crippen LogP) is 13.0. The molecule has 0 aliphatic rings. The second kappa shape index (κ2) is 14.3. The first kappa shape index (κ1) is 35.1. The highest BCUT2D eigenvalue weighted by atomic mass is 16.5. The quantitative estimate of drug-likeness (QED) is 0.146. The fourth-order valence-electron chi connectivity index (χ4n) is 8.00. The summed E-state index contributed by atoms with van der Waals surface area (Å²) < 4.78 is 18.3. The van der Waals surface area contributed by atoms with Gasteiger partial charge in [-0.05, 0) is 90.2 Å². The van der Waals surface area contributed by atoms with E-state index >= 15 is 0 Å². The minimum atomic E-state index is 0.0377. The lowest BCUT2D eigenvalue weighted by Crippen LogP contribution is -2.01. The third kappa shape index (κ3) is 6.10. The zero-order valence-electron chi connectivity index (χ0n) is 32.7. The number of hydrogen-bond donors (Lipinski definition) is 0. The van der Waals surface area contributed by atoms with Crippen molar-refractivity contribution in [2.24, 2.45) is 0 Å². The van der Waals surface area contributed by atoms with E-state index in [2.05, 4.69) is 110 Å². The van der Waals surface area contributed by atoms with Gasteiger partial charge in [0, 0.05) is 69.6 Å². The van der Waals surface area contributed by atoms with E-state index in [1.807, 2.05) is 85.5 Å². The van der Waals surface area contributed by atoms with Crippen molar-refractivity contribution in [1.29, 1.82) is 0 Å². The van der Waals surface area contributed by atoms with Gasteiger partial charge in [-0.25, -0.2) is 19.9 Å². The third-order valence-electron chi connectivity index (χ3n) is 10.8. The molecular weight excluding hydrogens is 717 g/mol. The Morgan fingerprint density at radius 1 is 0.448 bits per heavy atom. The van der Waals surface area contributed by atoms with E-state index in [1.165, 1.54) is 0 Å². The number of hydrogen-bond acceptors (Lipinski definition) is 6. The van der Waals surface area contributed by atoms with E-state index in [9.17, 15) is 0 Å². The summed E-state index contributed by atoms with van der Waals surface area (Å²) in [5, 5.41) is 4.54. The summed E-state index contributed by atoms with van der Waals surface area (Å²) in [6.45, 7) is 8.60. The minimum Gasteiger partial charge on any atom is -0.457 e. The molecule has 5 aromatic carbocycles. The van der Waals surface area contributed by atoms with Crippen LogP contribution in [0.3, 0.4) is 0 Å². The Kier molecular flexibility index (Phi) is 8.67. The van der Waals surface area contributed by atoms with Crippen molar-refractivity contribution in [3.63, 3.8) is 0 Å². The smallest absolute Gasteiger partial charge is 0.159 e. The van der Waals surface area contributed by atoms with Crippen LogP contribution in [0.5, 0.6) is 23.0 Å². The molecule has 0 aliphatic carbocycles. The van der Waals surface area contributed by atoms with Crippen LogP contribution in [0.4, 0.5) is 0 Å². The molecule has 10 rings (SSSR count). The Hall–Kier alpha value is -7.32. The molecule has 0 aliphatic heterocycles. The van der Waals surface area contributed by atoms with E-state index in [4.69, 9.17) is 29.4 Å². The summed E-state index contributed by atoms with van der Waals surface area (Å²) in [5.74, 6) is 5.33. The molecule has 0 spiro atoms. The Labute approximate surface area is 336 Å². The number of aromatic nitrogens is 6. The SMILES string of the molecule is CC(C)c1cnc(-c2cc(Oc3ccc4c5ccccc5n(-c5ccccn5)c4c3)c(C(C)C)c(Oc3ccc4c5ccccc5n(-c5ccccn5)c4c3)c2)nc1. The van der Waals surface area contributed by atoms with Gasteiger partial charge in [0.1, 0.15) is 34.6 Å². The molecule has 0 fully saturated rings. The second-order valence-electron chi connectivity index (χ2n) is 15.2. The topological polar surface area (TPSA) is 79.9 Å². The Morgan fingerprint density at radius 3 is 1.36 bits per heavy atom. The number of benzene rings is 5. The lowest BCUT2D eigenvalue weighted by molar-refractivity contribution is 0.445. The van der Waals surface area contributed by atoms with Crippen molar-refractivity contribution in [3.05, 3.63) is 169 Å². The average molecular weight is 757 g/mol. The molecular formula is C50H40N6O2. The van der Waals surface area contributed by atoms with Gasteiger partial charge in [0.15, 0.2) is 5.82 Å². The van der Waals surface area contributed by atoms with E-state index in [1.54, 1.807) is 0 Å². The van der Waals surface area contributed by atoms with Crippen LogP contribution < -0.4 is 9.47 Å². The maximum atomic E-state index is 6.97. The van der Waals surface area contributed by atoms with E-state index < -0.39 is 0 Å². The molecule has 0 bridgehead atoms. The van der Waals surface area contributed by atoms with Gasteiger partial charge in [0.25, 0.3) is 0 Å². The monoisotopic (exact) mass is 756 g/mol. The van der Waals surface area contributed by atoms with Crippen LogP contribution in [0.15, 0.2) is 158 Å². The van der Waals surface area contributed by atoms with Crippen molar-refractivity contribution in [3.8, 4) is 46.0 Å². The molecule has 0 N–H and O–H groups in total. The number of ether oxygens (including phenoxy) is 2. The van der Waals surface area contributed by atoms with Crippen LogP contribution in [-0.4, -0.2) is 29.1 Å². The Balaban J connectivity index is 1.13. The summed E-state index contributed by atoms with van der Waals surface area (Å²) in [4.78, 5) is 19.1. The zero-order valence-corrected chi connectivity index (χ0v) is 32.7. The molecule has 58 heavy (non-hydrogen) atoms. The minimum absolute atomic E-state index is 0.0377. The molecule has 0 unspecified atom stereocenters. The Bertz CT molecular complexity index is 2930. The third-order valence-corrected chi connectivity index (χ3v) is 10.8. The highest BCUT2D eigenvalue weighted by Crippen LogP contribution is 2.44. The first-order chi connectivity index (χ1) is 28.4. The molecule has 0 radical (unpaired) electrons. The molecule has 0 saturated heterocycles. The van der Waals surface area contributed by atoms with Crippen molar-refractivity contribution >= 4 is 43.6 Å². The highest BCUT2D eigenvalue weighted by molar-refractivity contribution is 6.10. The lowest BCUT2D eigenvalue weighted by atomic mass is 9.98. The van der Waals surface area contributed by atoms with Crippen LogP contribution in [0.2, 0.25) is 0 Å². The van der Waals surface area contributed by atoms with Crippen LogP contribution in [0, 0.1) is 0 Å². The van der Waals surface area contributed by atoms with Gasteiger partial charge in [-0.15, -0.1) is 0 Å². The summed E-state index contributed by atoms with van der Waals surface area (Å²) in [6, 6.07) is 45.4. The maximum Gasteiger partial charge on any atom is 0.159 e. The molecule has 0 amide bonds. The highest BCUT2D eigenvalue weighted by Gasteiger charge is 2.22. The van der Waals surface area contributed by atoms with Gasteiger partial charge >= 0.3 is 0 Å². The predicted molar refractivity (Wildman–Crippen MR) is 233 cm³/mol.